The third-order valence-corrected chi connectivity index (χ3v) is 2.83. The lowest BCUT2D eigenvalue weighted by Gasteiger charge is -2.23. The van der Waals surface area contributed by atoms with Gasteiger partial charge in [0.05, 0.1) is 26.5 Å². The summed E-state index contributed by atoms with van der Waals surface area (Å²) in [5.74, 6) is 0.970. The van der Waals surface area contributed by atoms with Crippen molar-refractivity contribution in [3.05, 3.63) is 24.3 Å². The molecule has 0 aliphatic carbocycles. The fourth-order valence-corrected chi connectivity index (χ4v) is 1.64. The lowest BCUT2D eigenvalue weighted by molar-refractivity contribution is -0.142. The third-order valence-electron chi connectivity index (χ3n) is 2.83. The summed E-state index contributed by atoms with van der Waals surface area (Å²) in [5, 5.41) is 7.87. The smallest absolute Gasteiger partial charge is 0.319 e. The van der Waals surface area contributed by atoms with E-state index in [-0.39, 0.29) is 18.6 Å². The summed E-state index contributed by atoms with van der Waals surface area (Å²) >= 11 is 0. The molecule has 0 atom stereocenters. The minimum absolute atomic E-state index is 0.146. The standard InChI is InChI=1S/C13H17N3O4/c1-9(2)16(8-12(17)18-3)7-11-14-15-13(20-11)10-5-4-6-19-10/h4-6,9H,7-8H2,1-3H3. The van der Waals surface area contributed by atoms with Gasteiger partial charge in [-0.15, -0.1) is 10.2 Å². The first-order valence-corrected chi connectivity index (χ1v) is 6.27. The van der Waals surface area contributed by atoms with Crippen LogP contribution < -0.4 is 0 Å². The van der Waals surface area contributed by atoms with Crippen LogP contribution in [0.5, 0.6) is 0 Å². The van der Waals surface area contributed by atoms with Crippen LogP contribution in [-0.4, -0.2) is 40.8 Å². The number of carbonyl (C=O) groups is 1. The van der Waals surface area contributed by atoms with Crippen LogP contribution in [0.1, 0.15) is 19.7 Å². The number of aromatic nitrogens is 2. The molecule has 2 rings (SSSR count). The first kappa shape index (κ1) is 14.3. The van der Waals surface area contributed by atoms with E-state index in [1.807, 2.05) is 18.7 Å². The van der Waals surface area contributed by atoms with Crippen molar-refractivity contribution in [3.63, 3.8) is 0 Å². The highest BCUT2D eigenvalue weighted by Gasteiger charge is 2.19. The molecule has 2 aromatic heterocycles. The summed E-state index contributed by atoms with van der Waals surface area (Å²) in [7, 11) is 1.36. The highest BCUT2D eigenvalue weighted by molar-refractivity contribution is 5.71. The summed E-state index contributed by atoms with van der Waals surface area (Å²) in [6, 6.07) is 3.64. The Morgan fingerprint density at radius 3 is 2.85 bits per heavy atom. The topological polar surface area (TPSA) is 81.6 Å². The van der Waals surface area contributed by atoms with Crippen LogP contribution in [0.2, 0.25) is 0 Å². The van der Waals surface area contributed by atoms with Gasteiger partial charge in [-0.05, 0) is 26.0 Å². The highest BCUT2D eigenvalue weighted by Crippen LogP contribution is 2.18. The number of esters is 1. The van der Waals surface area contributed by atoms with E-state index in [9.17, 15) is 4.79 Å². The summed E-state index contributed by atoms with van der Waals surface area (Å²) in [6.07, 6.45) is 1.54. The van der Waals surface area contributed by atoms with Crippen LogP contribution in [-0.2, 0) is 16.1 Å². The number of furan rings is 1. The van der Waals surface area contributed by atoms with Gasteiger partial charge in [-0.3, -0.25) is 9.69 Å². The molecule has 2 aromatic rings. The van der Waals surface area contributed by atoms with E-state index in [2.05, 4.69) is 14.9 Å². The molecule has 0 saturated heterocycles. The summed E-state index contributed by atoms with van der Waals surface area (Å²) < 4.78 is 15.4. The molecule has 108 valence electrons. The molecule has 7 heteroatoms. The molecule has 0 bridgehead atoms. The van der Waals surface area contributed by atoms with Crippen LogP contribution >= 0.6 is 0 Å². The molecule has 0 N–H and O–H groups in total. The molecule has 0 saturated carbocycles. The van der Waals surface area contributed by atoms with E-state index in [1.54, 1.807) is 12.1 Å². The van der Waals surface area contributed by atoms with Crippen LogP contribution in [0.15, 0.2) is 27.2 Å². The van der Waals surface area contributed by atoms with Gasteiger partial charge in [-0.1, -0.05) is 0 Å². The maximum Gasteiger partial charge on any atom is 0.319 e. The second kappa shape index (κ2) is 6.33. The molecular weight excluding hydrogens is 262 g/mol. The number of hydrogen-bond acceptors (Lipinski definition) is 7. The van der Waals surface area contributed by atoms with Crippen LogP contribution in [0.4, 0.5) is 0 Å². The van der Waals surface area contributed by atoms with Crippen molar-refractivity contribution in [3.8, 4) is 11.7 Å². The zero-order chi connectivity index (χ0) is 14.5. The van der Waals surface area contributed by atoms with Crippen molar-refractivity contribution < 1.29 is 18.4 Å². The Kier molecular flexibility index (Phi) is 4.52. The van der Waals surface area contributed by atoms with Crippen molar-refractivity contribution in [1.29, 1.82) is 0 Å². The second-order valence-corrected chi connectivity index (χ2v) is 4.55. The van der Waals surface area contributed by atoms with Crippen LogP contribution in [0.25, 0.3) is 11.7 Å². The highest BCUT2D eigenvalue weighted by atomic mass is 16.5. The Labute approximate surface area is 116 Å². The molecule has 0 amide bonds. The molecule has 2 heterocycles. The molecule has 0 aliphatic heterocycles. The summed E-state index contributed by atoms with van der Waals surface area (Å²) in [4.78, 5) is 13.2. The zero-order valence-electron chi connectivity index (χ0n) is 11.7. The Hall–Kier alpha value is -2.15. The molecule has 20 heavy (non-hydrogen) atoms. The van der Waals surface area contributed by atoms with Gasteiger partial charge < -0.3 is 13.6 Å². The number of ether oxygens (including phenoxy) is 1. The van der Waals surface area contributed by atoms with Gasteiger partial charge in [-0.2, -0.15) is 0 Å². The molecule has 0 unspecified atom stereocenters. The van der Waals surface area contributed by atoms with Gasteiger partial charge in [0.25, 0.3) is 5.89 Å². The van der Waals surface area contributed by atoms with Gasteiger partial charge in [-0.25, -0.2) is 0 Å². The average Bonchev–Trinajstić information content (AvgIpc) is 3.08. The Balaban J connectivity index is 2.05. The van der Waals surface area contributed by atoms with E-state index in [0.29, 0.717) is 24.1 Å². The first-order valence-electron chi connectivity index (χ1n) is 6.27. The van der Waals surface area contributed by atoms with Gasteiger partial charge in [0, 0.05) is 6.04 Å². The maximum atomic E-state index is 11.4. The molecule has 0 fully saturated rings. The minimum Gasteiger partial charge on any atom is -0.468 e. The average molecular weight is 279 g/mol. The van der Waals surface area contributed by atoms with Crippen LogP contribution in [0.3, 0.4) is 0 Å². The largest absolute Gasteiger partial charge is 0.468 e. The van der Waals surface area contributed by atoms with Crippen LogP contribution in [0, 0.1) is 0 Å². The number of methoxy groups -OCH3 is 1. The van der Waals surface area contributed by atoms with E-state index in [1.165, 1.54) is 13.4 Å². The number of carbonyl (C=O) groups excluding carboxylic acids is 1. The first-order chi connectivity index (χ1) is 9.60. The molecule has 0 radical (unpaired) electrons. The van der Waals surface area contributed by atoms with E-state index in [4.69, 9.17) is 8.83 Å². The number of rotatable bonds is 6. The zero-order valence-corrected chi connectivity index (χ0v) is 11.7. The van der Waals surface area contributed by atoms with Crippen molar-refractivity contribution >= 4 is 5.97 Å². The van der Waals surface area contributed by atoms with Gasteiger partial charge in [0.15, 0.2) is 5.76 Å². The molecule has 7 nitrogen and oxygen atoms in total. The Bertz CT molecular complexity index is 548. The van der Waals surface area contributed by atoms with E-state index >= 15 is 0 Å². The maximum absolute atomic E-state index is 11.4. The Morgan fingerprint density at radius 1 is 1.45 bits per heavy atom. The molecule has 0 spiro atoms. The number of hydrogen-bond donors (Lipinski definition) is 0. The summed E-state index contributed by atoms with van der Waals surface area (Å²) in [6.45, 7) is 4.51. The third kappa shape index (κ3) is 3.45. The normalized spacial score (nSPS) is 11.2. The summed E-state index contributed by atoms with van der Waals surface area (Å²) in [5.41, 5.74) is 0. The molecular formula is C13H17N3O4. The fraction of sp³-hybridized carbons (Fsp3) is 0.462. The predicted octanol–water partition coefficient (Wildman–Crippen LogP) is 1.71. The second-order valence-electron chi connectivity index (χ2n) is 4.55. The monoisotopic (exact) mass is 279 g/mol. The van der Waals surface area contributed by atoms with Crippen molar-refractivity contribution in [1.82, 2.24) is 15.1 Å². The minimum atomic E-state index is -0.301. The van der Waals surface area contributed by atoms with Crippen molar-refractivity contribution in [2.45, 2.75) is 26.4 Å². The molecule has 0 aromatic carbocycles. The lowest BCUT2D eigenvalue weighted by atomic mass is 10.3. The van der Waals surface area contributed by atoms with Crippen molar-refractivity contribution in [2.75, 3.05) is 13.7 Å². The number of nitrogens with zero attached hydrogens (tertiary/aromatic N) is 3. The van der Waals surface area contributed by atoms with E-state index < -0.39 is 0 Å². The molecule has 0 aliphatic rings. The van der Waals surface area contributed by atoms with Gasteiger partial charge in [0.1, 0.15) is 0 Å². The Morgan fingerprint density at radius 2 is 2.25 bits per heavy atom. The fourth-order valence-electron chi connectivity index (χ4n) is 1.64. The SMILES string of the molecule is COC(=O)CN(Cc1nnc(-c2ccco2)o1)C(C)C. The predicted molar refractivity (Wildman–Crippen MR) is 69.6 cm³/mol. The lowest BCUT2D eigenvalue weighted by Crippen LogP contribution is -2.35. The quantitative estimate of drug-likeness (QED) is 0.744. The van der Waals surface area contributed by atoms with E-state index in [0.717, 1.165) is 0 Å². The van der Waals surface area contributed by atoms with Gasteiger partial charge in [0.2, 0.25) is 5.89 Å². The van der Waals surface area contributed by atoms with Gasteiger partial charge >= 0.3 is 5.97 Å². The van der Waals surface area contributed by atoms with Crippen molar-refractivity contribution in [2.24, 2.45) is 0 Å².